The van der Waals surface area contributed by atoms with Crippen molar-refractivity contribution in [2.45, 2.75) is 50.9 Å². The lowest BCUT2D eigenvalue weighted by Gasteiger charge is -2.16. The Hall–Kier alpha value is -1.96. The van der Waals surface area contributed by atoms with Crippen LogP contribution in [0.4, 0.5) is 5.13 Å². The first-order valence-electron chi connectivity index (χ1n) is 9.42. The summed E-state index contributed by atoms with van der Waals surface area (Å²) in [5, 5.41) is 15.5. The van der Waals surface area contributed by atoms with Crippen molar-refractivity contribution in [1.29, 1.82) is 0 Å². The first kappa shape index (κ1) is 20.8. The average Bonchev–Trinajstić information content (AvgIpc) is 3.01. The van der Waals surface area contributed by atoms with E-state index in [-0.39, 0.29) is 0 Å². The number of hydrogen-bond donors (Lipinski definition) is 2. The van der Waals surface area contributed by atoms with Gasteiger partial charge < -0.3 is 10.4 Å². The molecule has 1 atom stereocenters. The number of aliphatic hydroxyl groups is 1. The Balaban J connectivity index is 2.08. The zero-order valence-electron chi connectivity index (χ0n) is 16.6. The molecule has 0 spiro atoms. The van der Waals surface area contributed by atoms with Crippen molar-refractivity contribution in [1.82, 2.24) is 15.0 Å². The lowest BCUT2D eigenvalue weighted by atomic mass is 9.96. The Labute approximate surface area is 174 Å². The van der Waals surface area contributed by atoms with E-state index in [9.17, 15) is 5.11 Å². The van der Waals surface area contributed by atoms with Gasteiger partial charge in [0.15, 0.2) is 10.3 Å². The molecule has 1 aliphatic rings. The van der Waals surface area contributed by atoms with Gasteiger partial charge in [-0.3, -0.25) is 0 Å². The number of thioether (sulfide) groups is 1. The molecule has 1 aliphatic carbocycles. The van der Waals surface area contributed by atoms with Gasteiger partial charge in [0.2, 0.25) is 0 Å². The highest BCUT2D eigenvalue weighted by molar-refractivity contribution is 7.98. The molecule has 2 heterocycles. The summed E-state index contributed by atoms with van der Waals surface area (Å²) in [7, 11) is 0. The lowest BCUT2D eigenvalue weighted by Crippen LogP contribution is -2.11. The molecule has 2 N–H and O–H groups in total. The summed E-state index contributed by atoms with van der Waals surface area (Å²) in [4.78, 5) is 14.9. The van der Waals surface area contributed by atoms with Crippen molar-refractivity contribution in [3.8, 4) is 10.6 Å². The SMILES string of the molecule is CCC(O)C1=C(c2cc(-c3cnc(NC(C)C)s3)nc(SC)n2)C=CC=CC1. The first-order valence-corrected chi connectivity index (χ1v) is 11.5. The van der Waals surface area contributed by atoms with Crippen LogP contribution in [-0.4, -0.2) is 38.5 Å². The molecule has 1 unspecified atom stereocenters. The summed E-state index contributed by atoms with van der Waals surface area (Å²) in [6, 6.07) is 2.33. The fourth-order valence-corrected chi connectivity index (χ4v) is 4.24. The Morgan fingerprint density at radius 1 is 1.25 bits per heavy atom. The molecule has 0 fully saturated rings. The summed E-state index contributed by atoms with van der Waals surface area (Å²) in [6.07, 6.45) is 12.9. The molecule has 0 amide bonds. The predicted octanol–water partition coefficient (Wildman–Crippen LogP) is 5.18. The molecule has 0 aromatic carbocycles. The van der Waals surface area contributed by atoms with Crippen LogP contribution in [0, 0.1) is 0 Å². The van der Waals surface area contributed by atoms with Crippen LogP contribution in [0.25, 0.3) is 16.1 Å². The summed E-state index contributed by atoms with van der Waals surface area (Å²) >= 11 is 3.10. The van der Waals surface area contributed by atoms with E-state index in [2.05, 4.69) is 30.2 Å². The smallest absolute Gasteiger partial charge is 0.188 e. The Morgan fingerprint density at radius 2 is 2.04 bits per heavy atom. The highest BCUT2D eigenvalue weighted by Gasteiger charge is 2.18. The second-order valence-electron chi connectivity index (χ2n) is 6.81. The maximum Gasteiger partial charge on any atom is 0.188 e. The molecule has 2 aromatic heterocycles. The quantitative estimate of drug-likeness (QED) is 0.480. The molecule has 7 heteroatoms. The van der Waals surface area contributed by atoms with E-state index in [1.54, 1.807) is 11.3 Å². The van der Waals surface area contributed by atoms with Crippen molar-refractivity contribution in [2.75, 3.05) is 11.6 Å². The van der Waals surface area contributed by atoms with E-state index < -0.39 is 6.10 Å². The molecule has 0 bridgehead atoms. The predicted molar refractivity (Wildman–Crippen MR) is 120 cm³/mol. The minimum absolute atomic E-state index is 0.327. The fourth-order valence-electron chi connectivity index (χ4n) is 2.94. The maximum absolute atomic E-state index is 10.5. The Bertz CT molecular complexity index is 915. The minimum atomic E-state index is -0.483. The van der Waals surface area contributed by atoms with Gasteiger partial charge in [-0.25, -0.2) is 15.0 Å². The number of allylic oxidation sites excluding steroid dienone is 5. The maximum atomic E-state index is 10.5. The monoisotopic (exact) mass is 414 g/mol. The third-order valence-electron chi connectivity index (χ3n) is 4.32. The number of nitrogens with one attached hydrogen (secondary N) is 1. The van der Waals surface area contributed by atoms with Crippen LogP contribution in [0.5, 0.6) is 0 Å². The summed E-state index contributed by atoms with van der Waals surface area (Å²) < 4.78 is 0. The number of hydrogen-bond acceptors (Lipinski definition) is 7. The standard InChI is InChI=1S/C21H26N4OS2/c1-5-18(26)15-10-8-6-7-9-14(15)16-11-17(25-21(24-16)27-4)19-12-22-20(28-19)23-13(2)3/h6-9,11-13,18,26H,5,10H2,1-4H3,(H,22,23). The van der Waals surface area contributed by atoms with Gasteiger partial charge in [0.25, 0.3) is 0 Å². The molecule has 0 saturated heterocycles. The number of nitrogens with zero attached hydrogens (tertiary/aromatic N) is 3. The third kappa shape index (κ3) is 4.90. The third-order valence-corrected chi connectivity index (χ3v) is 5.82. The number of aliphatic hydroxyl groups excluding tert-OH is 1. The van der Waals surface area contributed by atoms with Crippen LogP contribution in [0.1, 0.15) is 39.3 Å². The molecule has 148 valence electrons. The van der Waals surface area contributed by atoms with Gasteiger partial charge in [0.1, 0.15) is 0 Å². The van der Waals surface area contributed by atoms with Gasteiger partial charge in [-0.1, -0.05) is 54.3 Å². The first-order chi connectivity index (χ1) is 13.5. The summed E-state index contributed by atoms with van der Waals surface area (Å²) in [5.74, 6) is 0. The van der Waals surface area contributed by atoms with Crippen molar-refractivity contribution < 1.29 is 5.11 Å². The normalized spacial score (nSPS) is 15.2. The van der Waals surface area contributed by atoms with Gasteiger partial charge in [0.05, 0.1) is 22.4 Å². The highest BCUT2D eigenvalue weighted by Crippen LogP contribution is 2.33. The molecule has 0 aliphatic heterocycles. The average molecular weight is 415 g/mol. The van der Waals surface area contributed by atoms with Crippen molar-refractivity contribution in [3.63, 3.8) is 0 Å². The van der Waals surface area contributed by atoms with Gasteiger partial charge in [-0.2, -0.15) is 0 Å². The summed E-state index contributed by atoms with van der Waals surface area (Å²) in [5.41, 5.74) is 3.66. The Kier molecular flexibility index (Phi) is 7.04. The van der Waals surface area contributed by atoms with Crippen LogP contribution < -0.4 is 5.32 Å². The largest absolute Gasteiger partial charge is 0.389 e. The molecular weight excluding hydrogens is 388 g/mol. The number of aromatic nitrogens is 3. The minimum Gasteiger partial charge on any atom is -0.389 e. The van der Waals surface area contributed by atoms with Gasteiger partial charge >= 0.3 is 0 Å². The molecule has 5 nitrogen and oxygen atoms in total. The molecule has 0 radical (unpaired) electrons. The lowest BCUT2D eigenvalue weighted by molar-refractivity contribution is 0.205. The fraction of sp³-hybridized carbons (Fsp3) is 0.381. The molecular formula is C21H26N4OS2. The zero-order valence-corrected chi connectivity index (χ0v) is 18.3. The van der Waals surface area contributed by atoms with E-state index in [1.807, 2.05) is 43.7 Å². The summed E-state index contributed by atoms with van der Waals surface area (Å²) in [6.45, 7) is 6.18. The van der Waals surface area contributed by atoms with E-state index >= 15 is 0 Å². The molecule has 0 saturated carbocycles. The van der Waals surface area contributed by atoms with Crippen LogP contribution in [0.2, 0.25) is 0 Å². The number of thiazole rings is 1. The van der Waals surface area contributed by atoms with E-state index in [1.165, 1.54) is 11.8 Å². The Morgan fingerprint density at radius 3 is 2.75 bits per heavy atom. The van der Waals surface area contributed by atoms with Crippen LogP contribution in [-0.2, 0) is 0 Å². The second-order valence-corrected chi connectivity index (χ2v) is 8.61. The van der Waals surface area contributed by atoms with Crippen molar-refractivity contribution >= 4 is 33.8 Å². The van der Waals surface area contributed by atoms with Crippen molar-refractivity contribution in [3.05, 3.63) is 47.8 Å². The molecule has 3 rings (SSSR count). The van der Waals surface area contributed by atoms with E-state index in [0.717, 1.165) is 32.5 Å². The molecule has 2 aromatic rings. The highest BCUT2D eigenvalue weighted by atomic mass is 32.2. The van der Waals surface area contributed by atoms with Crippen molar-refractivity contribution in [2.24, 2.45) is 0 Å². The zero-order chi connectivity index (χ0) is 20.1. The van der Waals surface area contributed by atoms with Crippen LogP contribution in [0.3, 0.4) is 0 Å². The topological polar surface area (TPSA) is 70.9 Å². The number of rotatable bonds is 7. The van der Waals surface area contributed by atoms with E-state index in [4.69, 9.17) is 9.97 Å². The van der Waals surface area contributed by atoms with E-state index in [0.29, 0.717) is 24.0 Å². The van der Waals surface area contributed by atoms with Gasteiger partial charge in [-0.15, -0.1) is 0 Å². The second kappa shape index (κ2) is 9.49. The number of anilines is 1. The van der Waals surface area contributed by atoms with Gasteiger partial charge in [-0.05, 0) is 44.6 Å². The molecule has 28 heavy (non-hydrogen) atoms. The van der Waals surface area contributed by atoms with Crippen LogP contribution in [0.15, 0.2) is 47.3 Å². The van der Waals surface area contributed by atoms with Crippen LogP contribution >= 0.6 is 23.1 Å². The van der Waals surface area contributed by atoms with Gasteiger partial charge in [0, 0.05) is 17.8 Å².